The molecular formula is C11H9ClF2N2S. The summed E-state index contributed by atoms with van der Waals surface area (Å²) in [5.74, 6) is -1.40. The zero-order valence-corrected chi connectivity index (χ0v) is 10.5. The van der Waals surface area contributed by atoms with Gasteiger partial charge in [0, 0.05) is 17.1 Å². The highest BCUT2D eigenvalue weighted by molar-refractivity contribution is 7.09. The van der Waals surface area contributed by atoms with Crippen LogP contribution in [0.5, 0.6) is 0 Å². The predicted molar refractivity (Wildman–Crippen MR) is 65.5 cm³/mol. The van der Waals surface area contributed by atoms with Gasteiger partial charge in [0.15, 0.2) is 5.82 Å². The number of hydrogen-bond donors (Lipinski definition) is 1. The molecule has 0 amide bonds. The van der Waals surface area contributed by atoms with Crippen molar-refractivity contribution in [3.05, 3.63) is 44.9 Å². The molecule has 0 spiro atoms. The van der Waals surface area contributed by atoms with E-state index in [0.717, 1.165) is 22.8 Å². The number of nitrogens with zero attached hydrogens (tertiary/aromatic N) is 1. The SMILES string of the molecule is Cc1csc(CNc2c(F)cc(F)cc2Cl)n1. The zero-order valence-electron chi connectivity index (χ0n) is 8.93. The van der Waals surface area contributed by atoms with E-state index in [1.54, 1.807) is 0 Å². The molecule has 0 aliphatic heterocycles. The fourth-order valence-corrected chi connectivity index (χ4v) is 2.33. The highest BCUT2D eigenvalue weighted by atomic mass is 35.5. The highest BCUT2D eigenvalue weighted by Crippen LogP contribution is 2.27. The molecule has 90 valence electrons. The lowest BCUT2D eigenvalue weighted by atomic mass is 10.3. The van der Waals surface area contributed by atoms with E-state index in [9.17, 15) is 8.78 Å². The molecule has 0 fully saturated rings. The Balaban J connectivity index is 2.14. The molecule has 2 rings (SSSR count). The van der Waals surface area contributed by atoms with Gasteiger partial charge < -0.3 is 5.32 Å². The number of aromatic nitrogens is 1. The molecule has 1 N–H and O–H groups in total. The Morgan fingerprint density at radius 1 is 1.41 bits per heavy atom. The Morgan fingerprint density at radius 2 is 2.18 bits per heavy atom. The molecule has 0 bridgehead atoms. The van der Waals surface area contributed by atoms with Crippen molar-refractivity contribution in [3.63, 3.8) is 0 Å². The quantitative estimate of drug-likeness (QED) is 0.915. The molecule has 0 aliphatic rings. The number of halogens is 3. The lowest BCUT2D eigenvalue weighted by Gasteiger charge is -2.08. The minimum Gasteiger partial charge on any atom is -0.375 e. The summed E-state index contributed by atoms with van der Waals surface area (Å²) in [4.78, 5) is 4.22. The normalized spacial score (nSPS) is 10.6. The van der Waals surface area contributed by atoms with Gasteiger partial charge in [-0.25, -0.2) is 13.8 Å². The molecule has 0 unspecified atom stereocenters. The van der Waals surface area contributed by atoms with Crippen molar-refractivity contribution >= 4 is 28.6 Å². The minimum atomic E-state index is -0.705. The predicted octanol–water partition coefficient (Wildman–Crippen LogP) is 4.00. The highest BCUT2D eigenvalue weighted by Gasteiger charge is 2.10. The van der Waals surface area contributed by atoms with E-state index in [0.29, 0.717) is 6.54 Å². The smallest absolute Gasteiger partial charge is 0.150 e. The molecule has 1 aromatic heterocycles. The summed E-state index contributed by atoms with van der Waals surface area (Å²) in [5.41, 5.74) is 1.01. The third-order valence-electron chi connectivity index (χ3n) is 2.09. The maximum atomic E-state index is 13.4. The Hall–Kier alpha value is -1.20. The van der Waals surface area contributed by atoms with Crippen molar-refractivity contribution in [2.45, 2.75) is 13.5 Å². The van der Waals surface area contributed by atoms with E-state index in [-0.39, 0.29) is 10.7 Å². The number of anilines is 1. The van der Waals surface area contributed by atoms with Crippen molar-refractivity contribution in [3.8, 4) is 0 Å². The van der Waals surface area contributed by atoms with Crippen LogP contribution in [0.25, 0.3) is 0 Å². The van der Waals surface area contributed by atoms with Gasteiger partial charge in [-0.15, -0.1) is 11.3 Å². The molecule has 1 heterocycles. The monoisotopic (exact) mass is 274 g/mol. The van der Waals surface area contributed by atoms with Gasteiger partial charge in [0.1, 0.15) is 10.8 Å². The van der Waals surface area contributed by atoms with Crippen LogP contribution >= 0.6 is 22.9 Å². The Bertz CT molecular complexity index is 519. The molecule has 1 aromatic carbocycles. The zero-order chi connectivity index (χ0) is 12.4. The fraction of sp³-hybridized carbons (Fsp3) is 0.182. The number of rotatable bonds is 3. The molecule has 2 nitrogen and oxygen atoms in total. The second-order valence-corrected chi connectivity index (χ2v) is 4.83. The van der Waals surface area contributed by atoms with Gasteiger partial charge in [-0.3, -0.25) is 0 Å². The van der Waals surface area contributed by atoms with Crippen LogP contribution in [-0.2, 0) is 6.54 Å². The molecule has 0 saturated carbocycles. The first-order chi connectivity index (χ1) is 8.06. The van der Waals surface area contributed by atoms with Gasteiger partial charge in [0.05, 0.1) is 17.3 Å². The van der Waals surface area contributed by atoms with Crippen LogP contribution in [0, 0.1) is 18.6 Å². The number of nitrogens with one attached hydrogen (secondary N) is 1. The van der Waals surface area contributed by atoms with Crippen molar-refractivity contribution in [2.24, 2.45) is 0 Å². The van der Waals surface area contributed by atoms with Gasteiger partial charge >= 0.3 is 0 Å². The van der Waals surface area contributed by atoms with Crippen LogP contribution in [-0.4, -0.2) is 4.98 Å². The van der Waals surface area contributed by atoms with Gasteiger partial charge in [-0.1, -0.05) is 11.6 Å². The van der Waals surface area contributed by atoms with E-state index in [2.05, 4.69) is 10.3 Å². The third kappa shape index (κ3) is 2.92. The summed E-state index contributed by atoms with van der Waals surface area (Å²) in [6.45, 7) is 2.24. The first kappa shape index (κ1) is 12.3. The molecule has 2 aromatic rings. The van der Waals surface area contributed by atoms with Crippen molar-refractivity contribution in [1.82, 2.24) is 4.98 Å². The van der Waals surface area contributed by atoms with Gasteiger partial charge in [-0.05, 0) is 13.0 Å². The van der Waals surface area contributed by atoms with Crippen molar-refractivity contribution < 1.29 is 8.78 Å². The molecule has 6 heteroatoms. The van der Waals surface area contributed by atoms with E-state index in [1.165, 1.54) is 11.3 Å². The van der Waals surface area contributed by atoms with Crippen LogP contribution < -0.4 is 5.32 Å². The minimum absolute atomic E-state index is 0.0239. The number of aryl methyl sites for hydroxylation is 1. The van der Waals surface area contributed by atoms with Crippen molar-refractivity contribution in [1.29, 1.82) is 0 Å². The average Bonchev–Trinajstić information content (AvgIpc) is 2.62. The number of benzene rings is 1. The van der Waals surface area contributed by atoms with Gasteiger partial charge in [0.25, 0.3) is 0 Å². The third-order valence-corrected chi connectivity index (χ3v) is 3.35. The summed E-state index contributed by atoms with van der Waals surface area (Å²) in [7, 11) is 0. The first-order valence-corrected chi connectivity index (χ1v) is 6.11. The lowest BCUT2D eigenvalue weighted by molar-refractivity contribution is 0.585. The Morgan fingerprint density at radius 3 is 2.76 bits per heavy atom. The molecule has 0 atom stereocenters. The lowest BCUT2D eigenvalue weighted by Crippen LogP contribution is -2.02. The molecular weight excluding hydrogens is 266 g/mol. The first-order valence-electron chi connectivity index (χ1n) is 4.85. The second kappa shape index (κ2) is 4.98. The van der Waals surface area contributed by atoms with Crippen LogP contribution in [0.3, 0.4) is 0 Å². The Kier molecular flexibility index (Phi) is 3.59. The molecule has 17 heavy (non-hydrogen) atoms. The molecule has 0 radical (unpaired) electrons. The average molecular weight is 275 g/mol. The van der Waals surface area contributed by atoms with Crippen molar-refractivity contribution in [2.75, 3.05) is 5.32 Å². The van der Waals surface area contributed by atoms with Crippen LogP contribution in [0.2, 0.25) is 5.02 Å². The fourth-order valence-electron chi connectivity index (χ4n) is 1.36. The van der Waals surface area contributed by atoms with Gasteiger partial charge in [0.2, 0.25) is 0 Å². The standard InChI is InChI=1S/C11H9ClF2N2S/c1-6-5-17-10(16-6)4-15-11-8(12)2-7(13)3-9(11)14/h2-3,5,15H,4H2,1H3. The number of hydrogen-bond acceptors (Lipinski definition) is 3. The topological polar surface area (TPSA) is 24.9 Å². The molecule has 0 aliphatic carbocycles. The van der Waals surface area contributed by atoms with Crippen LogP contribution in [0.1, 0.15) is 10.7 Å². The summed E-state index contributed by atoms with van der Waals surface area (Å²) in [6.07, 6.45) is 0. The second-order valence-electron chi connectivity index (χ2n) is 3.48. The summed E-state index contributed by atoms with van der Waals surface area (Å²) < 4.78 is 26.2. The van der Waals surface area contributed by atoms with E-state index in [4.69, 9.17) is 11.6 Å². The van der Waals surface area contributed by atoms with E-state index < -0.39 is 11.6 Å². The van der Waals surface area contributed by atoms with E-state index >= 15 is 0 Å². The molecule has 0 saturated heterocycles. The maximum absolute atomic E-state index is 13.4. The van der Waals surface area contributed by atoms with Crippen LogP contribution in [0.4, 0.5) is 14.5 Å². The number of thiazole rings is 1. The summed E-state index contributed by atoms with van der Waals surface area (Å²) >= 11 is 7.22. The Labute approximate surface area is 106 Å². The van der Waals surface area contributed by atoms with Crippen LogP contribution in [0.15, 0.2) is 17.5 Å². The van der Waals surface area contributed by atoms with Gasteiger partial charge in [-0.2, -0.15) is 0 Å². The largest absolute Gasteiger partial charge is 0.375 e. The maximum Gasteiger partial charge on any atom is 0.150 e. The summed E-state index contributed by atoms with van der Waals surface area (Å²) in [5, 5.41) is 5.56. The summed E-state index contributed by atoms with van der Waals surface area (Å²) in [6, 6.07) is 1.86. The van der Waals surface area contributed by atoms with E-state index in [1.807, 2.05) is 12.3 Å².